The number of carbonyl (C=O) groups excluding carboxylic acids is 2. The smallest absolute Gasteiger partial charge is 0.336 e. The fraction of sp³-hybridized carbons (Fsp3) is 0.600. The Morgan fingerprint density at radius 1 is 1.15 bits per heavy atom. The quantitative estimate of drug-likeness (QED) is 0.333. The summed E-state index contributed by atoms with van der Waals surface area (Å²) in [7, 11) is 0. The SMILES string of the molecule is CCNc1nc(NCC)n2c(SCC(=O)NC3=C(C(=O)OCC)[C@@H]4CCC[C@H]4S3)nnc2n1. The topological polar surface area (TPSA) is 135 Å². The summed E-state index contributed by atoms with van der Waals surface area (Å²) in [5.41, 5.74) is 0.620. The molecule has 33 heavy (non-hydrogen) atoms. The third kappa shape index (κ3) is 5.03. The van der Waals surface area contributed by atoms with Crippen LogP contribution in [0.3, 0.4) is 0 Å². The van der Waals surface area contributed by atoms with Crippen molar-refractivity contribution < 1.29 is 14.3 Å². The van der Waals surface area contributed by atoms with Crippen LogP contribution in [-0.4, -0.2) is 67.1 Å². The zero-order valence-corrected chi connectivity index (χ0v) is 20.5. The molecule has 3 N–H and O–H groups in total. The molecule has 2 atom stereocenters. The van der Waals surface area contributed by atoms with Crippen molar-refractivity contribution in [1.82, 2.24) is 29.9 Å². The third-order valence-corrected chi connectivity index (χ3v) is 7.69. The molecule has 2 aromatic rings. The van der Waals surface area contributed by atoms with E-state index in [0.717, 1.165) is 19.3 Å². The Kier molecular flexibility index (Phi) is 7.58. The first-order valence-corrected chi connectivity index (χ1v) is 13.0. The van der Waals surface area contributed by atoms with E-state index in [9.17, 15) is 9.59 Å². The number of nitrogens with one attached hydrogen (secondary N) is 3. The Bertz CT molecular complexity index is 1070. The molecule has 1 aliphatic heterocycles. The number of carbonyl (C=O) groups is 2. The van der Waals surface area contributed by atoms with E-state index < -0.39 is 0 Å². The fourth-order valence-corrected chi connectivity index (χ4v) is 6.31. The number of hydrogen-bond acceptors (Lipinski definition) is 11. The average molecular weight is 493 g/mol. The number of anilines is 2. The van der Waals surface area contributed by atoms with Gasteiger partial charge in [0.2, 0.25) is 17.8 Å². The Labute approximate surface area is 200 Å². The molecule has 0 bridgehead atoms. The summed E-state index contributed by atoms with van der Waals surface area (Å²) in [6.45, 7) is 7.37. The summed E-state index contributed by atoms with van der Waals surface area (Å²) in [4.78, 5) is 34.2. The molecule has 3 heterocycles. The molecular formula is C20H28N8O3S2. The van der Waals surface area contributed by atoms with Crippen molar-refractivity contribution in [3.05, 3.63) is 10.6 Å². The minimum Gasteiger partial charge on any atom is -0.463 e. The molecule has 13 heteroatoms. The summed E-state index contributed by atoms with van der Waals surface area (Å²) in [6, 6.07) is 0. The summed E-state index contributed by atoms with van der Waals surface area (Å²) < 4.78 is 6.96. The van der Waals surface area contributed by atoms with Crippen LogP contribution < -0.4 is 16.0 Å². The highest BCUT2D eigenvalue weighted by Crippen LogP contribution is 2.49. The van der Waals surface area contributed by atoms with Crippen molar-refractivity contribution in [1.29, 1.82) is 0 Å². The molecule has 178 valence electrons. The summed E-state index contributed by atoms with van der Waals surface area (Å²) in [5, 5.41) is 19.0. The normalized spacial score (nSPS) is 19.6. The Hall–Kier alpha value is -2.54. The predicted octanol–water partition coefficient (Wildman–Crippen LogP) is 2.28. The number of amides is 1. The lowest BCUT2D eigenvalue weighted by atomic mass is 9.98. The lowest BCUT2D eigenvalue weighted by molar-refractivity contribution is -0.139. The van der Waals surface area contributed by atoms with E-state index in [4.69, 9.17) is 4.74 Å². The van der Waals surface area contributed by atoms with Crippen molar-refractivity contribution in [2.24, 2.45) is 5.92 Å². The zero-order chi connectivity index (χ0) is 23.4. The van der Waals surface area contributed by atoms with E-state index >= 15 is 0 Å². The van der Waals surface area contributed by atoms with Crippen LogP contribution in [0.5, 0.6) is 0 Å². The van der Waals surface area contributed by atoms with Gasteiger partial charge in [-0.3, -0.25) is 4.79 Å². The van der Waals surface area contributed by atoms with E-state index in [0.29, 0.717) is 58.4 Å². The van der Waals surface area contributed by atoms with Crippen LogP contribution in [0.15, 0.2) is 15.8 Å². The number of thioether (sulfide) groups is 2. The number of esters is 1. The molecule has 4 rings (SSSR count). The number of aromatic nitrogens is 5. The van der Waals surface area contributed by atoms with Gasteiger partial charge in [-0.1, -0.05) is 18.2 Å². The van der Waals surface area contributed by atoms with E-state index in [1.807, 2.05) is 13.8 Å². The van der Waals surface area contributed by atoms with Gasteiger partial charge in [0.25, 0.3) is 5.78 Å². The molecule has 1 aliphatic carbocycles. The second kappa shape index (κ2) is 10.6. The van der Waals surface area contributed by atoms with Crippen molar-refractivity contribution >= 4 is 53.1 Å². The number of rotatable bonds is 10. The second-order valence-electron chi connectivity index (χ2n) is 7.54. The first-order valence-electron chi connectivity index (χ1n) is 11.2. The highest BCUT2D eigenvalue weighted by molar-refractivity contribution is 8.04. The molecule has 11 nitrogen and oxygen atoms in total. The van der Waals surface area contributed by atoms with Gasteiger partial charge in [-0.05, 0) is 33.6 Å². The fourth-order valence-electron chi connectivity index (χ4n) is 4.02. The van der Waals surface area contributed by atoms with Crippen LogP contribution in [0.4, 0.5) is 11.9 Å². The van der Waals surface area contributed by atoms with Crippen LogP contribution in [0.2, 0.25) is 0 Å². The maximum Gasteiger partial charge on any atom is 0.336 e. The van der Waals surface area contributed by atoms with E-state index in [1.165, 1.54) is 11.8 Å². The highest BCUT2D eigenvalue weighted by atomic mass is 32.2. The van der Waals surface area contributed by atoms with Gasteiger partial charge < -0.3 is 20.7 Å². The Morgan fingerprint density at radius 2 is 1.97 bits per heavy atom. The molecule has 2 aromatic heterocycles. The summed E-state index contributed by atoms with van der Waals surface area (Å²) in [6.07, 6.45) is 3.09. The summed E-state index contributed by atoms with van der Waals surface area (Å²) >= 11 is 2.82. The predicted molar refractivity (Wildman–Crippen MR) is 128 cm³/mol. The lowest BCUT2D eigenvalue weighted by Crippen LogP contribution is -2.26. The minimum atomic E-state index is -0.324. The number of hydrogen-bond donors (Lipinski definition) is 3. The van der Waals surface area contributed by atoms with Gasteiger partial charge in [0.05, 0.1) is 23.0 Å². The molecule has 1 fully saturated rings. The second-order valence-corrected chi connectivity index (χ2v) is 9.74. The first kappa shape index (κ1) is 23.6. The van der Waals surface area contributed by atoms with Gasteiger partial charge in [0, 0.05) is 24.3 Å². The van der Waals surface area contributed by atoms with Crippen molar-refractivity contribution in [2.75, 3.05) is 36.1 Å². The lowest BCUT2D eigenvalue weighted by Gasteiger charge is -2.12. The number of nitrogens with zero attached hydrogens (tertiary/aromatic N) is 5. The van der Waals surface area contributed by atoms with Gasteiger partial charge in [-0.2, -0.15) is 9.97 Å². The van der Waals surface area contributed by atoms with Gasteiger partial charge in [0.15, 0.2) is 5.16 Å². The standard InChI is InChI=1S/C20H28N8O3S2/c1-4-21-17-24-18(22-5-2)28-19(25-17)26-27-20(28)32-10-13(29)23-15-14(16(30)31-6-3)11-8-7-9-12(11)33-15/h11-12H,4-10H2,1-3H3,(H,23,29)(H2,21,22,24,25,26)/t11-,12-/m1/s1. The maximum absolute atomic E-state index is 12.8. The monoisotopic (exact) mass is 492 g/mol. The third-order valence-electron chi connectivity index (χ3n) is 5.33. The van der Waals surface area contributed by atoms with Crippen LogP contribution >= 0.6 is 23.5 Å². The highest BCUT2D eigenvalue weighted by Gasteiger charge is 2.43. The van der Waals surface area contributed by atoms with Crippen LogP contribution in [0.1, 0.15) is 40.0 Å². The maximum atomic E-state index is 12.8. The molecule has 1 amide bonds. The van der Waals surface area contributed by atoms with Gasteiger partial charge >= 0.3 is 5.97 Å². The van der Waals surface area contributed by atoms with Gasteiger partial charge in [-0.15, -0.1) is 22.0 Å². The van der Waals surface area contributed by atoms with Crippen LogP contribution in [0, 0.1) is 5.92 Å². The van der Waals surface area contributed by atoms with Gasteiger partial charge in [-0.25, -0.2) is 9.20 Å². The van der Waals surface area contributed by atoms with Crippen molar-refractivity contribution in [3.63, 3.8) is 0 Å². The number of ether oxygens (including phenoxy) is 1. The van der Waals surface area contributed by atoms with Crippen molar-refractivity contribution in [3.8, 4) is 0 Å². The Morgan fingerprint density at radius 3 is 2.73 bits per heavy atom. The summed E-state index contributed by atoms with van der Waals surface area (Å²) in [5.74, 6) is 1.14. The van der Waals surface area contributed by atoms with E-state index in [2.05, 4.69) is 36.1 Å². The minimum absolute atomic E-state index is 0.108. The Balaban J connectivity index is 1.48. The largest absolute Gasteiger partial charge is 0.463 e. The van der Waals surface area contributed by atoms with Crippen LogP contribution in [-0.2, 0) is 14.3 Å². The molecule has 2 aliphatic rings. The van der Waals surface area contributed by atoms with Crippen LogP contribution in [0.25, 0.3) is 5.78 Å². The molecule has 0 radical (unpaired) electrons. The first-order chi connectivity index (χ1) is 16.0. The molecule has 1 saturated carbocycles. The molecule has 0 spiro atoms. The van der Waals surface area contributed by atoms with Gasteiger partial charge in [0.1, 0.15) is 0 Å². The molecule has 0 saturated heterocycles. The molecular weight excluding hydrogens is 464 g/mol. The molecule has 0 aromatic carbocycles. The zero-order valence-electron chi connectivity index (χ0n) is 18.9. The average Bonchev–Trinajstić information content (AvgIpc) is 3.47. The van der Waals surface area contributed by atoms with E-state index in [-0.39, 0.29) is 23.5 Å². The number of fused-ring (bicyclic) bond motifs is 2. The van der Waals surface area contributed by atoms with Crippen molar-refractivity contribution in [2.45, 2.75) is 50.4 Å². The molecule has 0 unspecified atom stereocenters. The van der Waals surface area contributed by atoms with E-state index in [1.54, 1.807) is 23.1 Å².